The Kier molecular flexibility index (Phi) is 6.79. The molecule has 1 N–H and O–H groups in total. The zero-order chi connectivity index (χ0) is 24.6. The van der Waals surface area contributed by atoms with Gasteiger partial charge in [0.15, 0.2) is 11.2 Å². The van der Waals surface area contributed by atoms with Crippen LogP contribution in [-0.2, 0) is 30.2 Å². The van der Waals surface area contributed by atoms with Crippen LogP contribution in [0.2, 0.25) is 0 Å². The first-order valence-electron chi connectivity index (χ1n) is 11.6. The molecule has 1 saturated heterocycles. The molecule has 2 aromatic heterocycles. The van der Waals surface area contributed by atoms with Crippen molar-refractivity contribution in [3.05, 3.63) is 56.0 Å². The fraction of sp³-hybridized carbons (Fsp3) is 0.522. The van der Waals surface area contributed by atoms with Crippen LogP contribution in [0.3, 0.4) is 0 Å². The number of benzene rings is 1. The van der Waals surface area contributed by atoms with Crippen molar-refractivity contribution in [2.24, 2.45) is 7.05 Å². The van der Waals surface area contributed by atoms with E-state index < -0.39 is 21.3 Å². The molecule has 0 unspecified atom stereocenters. The van der Waals surface area contributed by atoms with Crippen LogP contribution < -0.4 is 11.2 Å². The molecule has 0 atom stereocenters. The van der Waals surface area contributed by atoms with Crippen molar-refractivity contribution in [2.45, 2.75) is 51.6 Å². The quantitative estimate of drug-likeness (QED) is 0.537. The molecule has 4 rings (SSSR count). The molecule has 1 aliphatic rings. The number of imidazole rings is 1. The number of fused-ring (bicyclic) bond motifs is 1. The predicted octanol–water partition coefficient (Wildman–Crippen LogP) is 1.35. The Bertz CT molecular complexity index is 1430. The number of nitrogens with zero attached hydrogens (tertiary/aromatic N) is 5. The van der Waals surface area contributed by atoms with Gasteiger partial charge in [-0.25, -0.2) is 18.2 Å². The van der Waals surface area contributed by atoms with Gasteiger partial charge in [-0.15, -0.1) is 0 Å². The molecule has 34 heavy (non-hydrogen) atoms. The summed E-state index contributed by atoms with van der Waals surface area (Å²) in [6.07, 6.45) is 1.73. The number of rotatable bonds is 7. The highest BCUT2D eigenvalue weighted by Gasteiger charge is 2.30. The maximum absolute atomic E-state index is 13.2. The minimum absolute atomic E-state index is 0.353. The van der Waals surface area contributed by atoms with Crippen LogP contribution in [0.4, 0.5) is 0 Å². The van der Waals surface area contributed by atoms with Gasteiger partial charge >= 0.3 is 5.69 Å². The van der Waals surface area contributed by atoms with Gasteiger partial charge < -0.3 is 4.57 Å². The second-order valence-electron chi connectivity index (χ2n) is 8.97. The Morgan fingerprint density at radius 3 is 2.44 bits per heavy atom. The summed E-state index contributed by atoms with van der Waals surface area (Å²) in [4.78, 5) is 34.3. The Hall–Kier alpha value is -2.76. The zero-order valence-corrected chi connectivity index (χ0v) is 21.0. The second kappa shape index (κ2) is 9.47. The smallest absolute Gasteiger partial charge is 0.324 e. The van der Waals surface area contributed by atoms with E-state index >= 15 is 0 Å². The van der Waals surface area contributed by atoms with Gasteiger partial charge in [0.05, 0.1) is 11.4 Å². The molecule has 1 aliphatic heterocycles. The number of nitrogens with one attached hydrogen (secondary N) is 1. The van der Waals surface area contributed by atoms with E-state index in [9.17, 15) is 18.0 Å². The van der Waals surface area contributed by atoms with Crippen molar-refractivity contribution in [3.8, 4) is 0 Å². The monoisotopic (exact) mass is 488 g/mol. The number of aromatic nitrogens is 4. The summed E-state index contributed by atoms with van der Waals surface area (Å²) in [5.74, 6) is 0.669. The van der Waals surface area contributed by atoms with E-state index in [-0.39, 0.29) is 0 Å². The average Bonchev–Trinajstić information content (AvgIpc) is 3.10. The van der Waals surface area contributed by atoms with Crippen LogP contribution in [0.1, 0.15) is 36.7 Å². The largest absolute Gasteiger partial charge is 0.330 e. The molecule has 0 saturated carbocycles. The first-order valence-corrected chi connectivity index (χ1v) is 13.1. The maximum atomic E-state index is 13.2. The third-order valence-corrected chi connectivity index (χ3v) is 8.54. The third kappa shape index (κ3) is 4.47. The zero-order valence-electron chi connectivity index (χ0n) is 20.2. The normalized spacial score (nSPS) is 15.9. The fourth-order valence-electron chi connectivity index (χ4n) is 4.51. The van der Waals surface area contributed by atoms with E-state index in [1.807, 2.05) is 32.9 Å². The Balaban J connectivity index is 1.53. The van der Waals surface area contributed by atoms with E-state index in [0.717, 1.165) is 24.0 Å². The summed E-state index contributed by atoms with van der Waals surface area (Å²) in [5, 5.41) is 0. The number of hydrogen-bond acceptors (Lipinski definition) is 6. The molecule has 11 heteroatoms. The second-order valence-corrected chi connectivity index (χ2v) is 10.9. The van der Waals surface area contributed by atoms with E-state index in [1.54, 1.807) is 17.7 Å². The number of hydrogen-bond donors (Lipinski definition) is 1. The lowest BCUT2D eigenvalue weighted by Crippen LogP contribution is -2.48. The predicted molar refractivity (Wildman–Crippen MR) is 130 cm³/mol. The highest BCUT2D eigenvalue weighted by Crippen LogP contribution is 2.23. The minimum Gasteiger partial charge on any atom is -0.324 e. The topological polar surface area (TPSA) is 113 Å². The van der Waals surface area contributed by atoms with Crippen LogP contribution in [0, 0.1) is 13.8 Å². The van der Waals surface area contributed by atoms with Gasteiger partial charge in [0.1, 0.15) is 5.82 Å². The van der Waals surface area contributed by atoms with Crippen molar-refractivity contribution in [1.29, 1.82) is 0 Å². The highest BCUT2D eigenvalue weighted by atomic mass is 32.2. The summed E-state index contributed by atoms with van der Waals surface area (Å²) in [6.45, 7) is 8.61. The summed E-state index contributed by atoms with van der Waals surface area (Å²) in [7, 11) is -1.78. The summed E-state index contributed by atoms with van der Waals surface area (Å²) in [6, 6.07) is 5.39. The number of unbranched alkanes of at least 4 members (excludes halogenated alkanes) is 1. The number of aromatic amines is 1. The molecule has 3 heterocycles. The van der Waals surface area contributed by atoms with E-state index in [0.29, 0.717) is 61.2 Å². The van der Waals surface area contributed by atoms with Gasteiger partial charge in [-0.05, 0) is 31.9 Å². The van der Waals surface area contributed by atoms with Gasteiger partial charge in [0, 0.05) is 39.8 Å². The van der Waals surface area contributed by atoms with Gasteiger partial charge in [-0.2, -0.15) is 4.31 Å². The molecular formula is C23H32N6O4S. The van der Waals surface area contributed by atoms with Crippen molar-refractivity contribution < 1.29 is 8.42 Å². The van der Waals surface area contributed by atoms with Gasteiger partial charge in [-0.3, -0.25) is 19.2 Å². The average molecular weight is 489 g/mol. The molecule has 1 fully saturated rings. The number of aryl methyl sites for hydroxylation is 4. The van der Waals surface area contributed by atoms with E-state index in [4.69, 9.17) is 0 Å². The lowest BCUT2D eigenvalue weighted by molar-refractivity contribution is 0.177. The summed E-state index contributed by atoms with van der Waals surface area (Å²) in [5.41, 5.74) is 1.67. The molecule has 3 aromatic rings. The first-order chi connectivity index (χ1) is 16.1. The lowest BCUT2D eigenvalue weighted by atomic mass is 10.2. The number of H-pyrrole nitrogens is 1. The molecule has 184 valence electrons. The molecule has 0 amide bonds. The van der Waals surface area contributed by atoms with Crippen molar-refractivity contribution >= 4 is 21.2 Å². The minimum atomic E-state index is -3.56. The maximum Gasteiger partial charge on any atom is 0.330 e. The summed E-state index contributed by atoms with van der Waals surface area (Å²) < 4.78 is 31.1. The standard InChI is InChI=1S/C23H32N6O4S/c1-5-6-9-29-21-20(22(30)25-23(29)31)26(4)19(24-21)15-27-10-12-28(13-11-27)34(32,33)18-8-7-16(2)14-17(18)3/h7-8,14H,5-6,9-13,15H2,1-4H3,(H,25,30,31). The molecule has 0 bridgehead atoms. The van der Waals surface area contributed by atoms with Crippen molar-refractivity contribution in [1.82, 2.24) is 28.3 Å². The van der Waals surface area contributed by atoms with Crippen LogP contribution >= 0.6 is 0 Å². The molecule has 1 aromatic carbocycles. The van der Waals surface area contributed by atoms with Gasteiger partial charge in [0.25, 0.3) is 5.56 Å². The molecule has 0 spiro atoms. The Labute approximate surface area is 198 Å². The fourth-order valence-corrected chi connectivity index (χ4v) is 6.14. The Morgan fingerprint density at radius 2 is 1.79 bits per heavy atom. The van der Waals surface area contributed by atoms with Gasteiger partial charge in [0.2, 0.25) is 10.0 Å². The number of piperazine rings is 1. The number of sulfonamides is 1. The van der Waals surface area contributed by atoms with Crippen LogP contribution in [0.5, 0.6) is 0 Å². The van der Waals surface area contributed by atoms with Crippen molar-refractivity contribution in [2.75, 3.05) is 26.2 Å². The first kappa shape index (κ1) is 24.4. The third-order valence-electron chi connectivity index (χ3n) is 6.49. The molecular weight excluding hydrogens is 456 g/mol. The van der Waals surface area contributed by atoms with E-state index in [2.05, 4.69) is 14.9 Å². The van der Waals surface area contributed by atoms with Crippen LogP contribution in [-0.4, -0.2) is 62.9 Å². The molecule has 10 nitrogen and oxygen atoms in total. The molecule has 0 radical (unpaired) electrons. The summed E-state index contributed by atoms with van der Waals surface area (Å²) >= 11 is 0. The molecule has 0 aliphatic carbocycles. The highest BCUT2D eigenvalue weighted by molar-refractivity contribution is 7.89. The van der Waals surface area contributed by atoms with Crippen LogP contribution in [0.15, 0.2) is 32.7 Å². The SMILES string of the molecule is CCCCn1c(=O)[nH]c(=O)c2c1nc(CN1CCN(S(=O)(=O)c3ccc(C)cc3C)CC1)n2C. The van der Waals surface area contributed by atoms with Crippen LogP contribution in [0.25, 0.3) is 11.2 Å². The lowest BCUT2D eigenvalue weighted by Gasteiger charge is -2.34. The van der Waals surface area contributed by atoms with E-state index in [1.165, 1.54) is 8.87 Å². The Morgan fingerprint density at radius 1 is 1.09 bits per heavy atom. The van der Waals surface area contributed by atoms with Crippen molar-refractivity contribution in [3.63, 3.8) is 0 Å². The van der Waals surface area contributed by atoms with Gasteiger partial charge in [-0.1, -0.05) is 31.0 Å².